The van der Waals surface area contributed by atoms with Gasteiger partial charge in [0.1, 0.15) is 0 Å². The number of hydrogen-bond acceptors (Lipinski definition) is 3. The van der Waals surface area contributed by atoms with E-state index in [1.165, 1.54) is 0 Å². The molecule has 92 valence electrons. The van der Waals surface area contributed by atoms with Crippen LogP contribution < -0.4 is 0 Å². The average Bonchev–Trinajstić information content (AvgIpc) is 2.79. The fourth-order valence-electron chi connectivity index (χ4n) is 2.85. The molecule has 0 saturated carbocycles. The molecule has 1 aromatic rings. The fraction of sp³-hybridized carbons (Fsp3) is 0.615. The maximum absolute atomic E-state index is 11.9. The Morgan fingerprint density at radius 1 is 1.35 bits per heavy atom. The van der Waals surface area contributed by atoms with Gasteiger partial charge in [-0.25, -0.2) is 0 Å². The van der Waals surface area contributed by atoms with Crippen molar-refractivity contribution in [3.8, 4) is 0 Å². The molecule has 1 unspecified atom stereocenters. The number of ketones is 1. The minimum absolute atomic E-state index is 0.297. The number of aromatic amines is 1. The Kier molecular flexibility index (Phi) is 2.99. The number of nitrogens with one attached hydrogen (secondary N) is 1. The van der Waals surface area contributed by atoms with E-state index < -0.39 is 0 Å². The van der Waals surface area contributed by atoms with Gasteiger partial charge in [-0.05, 0) is 18.4 Å². The van der Waals surface area contributed by atoms with Gasteiger partial charge >= 0.3 is 0 Å². The smallest absolute Gasteiger partial charge is 0.165 e. The number of morpholine rings is 1. The second-order valence-corrected chi connectivity index (χ2v) is 4.98. The van der Waals surface area contributed by atoms with Crippen molar-refractivity contribution >= 4 is 5.78 Å². The van der Waals surface area contributed by atoms with Crippen molar-refractivity contribution in [2.45, 2.75) is 12.8 Å². The molecule has 0 amide bonds. The number of fused-ring (bicyclic) bond motifs is 1. The largest absolute Gasteiger partial charge is 0.379 e. The number of hydrogen-bond donors (Lipinski definition) is 1. The Bertz CT molecular complexity index is 407. The highest BCUT2D eigenvalue weighted by atomic mass is 16.5. The van der Waals surface area contributed by atoms with Crippen LogP contribution in [0.25, 0.3) is 0 Å². The first-order chi connectivity index (χ1) is 8.33. The molecule has 1 aromatic heterocycles. The van der Waals surface area contributed by atoms with Crippen LogP contribution in [0.2, 0.25) is 0 Å². The Labute approximate surface area is 101 Å². The van der Waals surface area contributed by atoms with E-state index in [4.69, 9.17) is 4.74 Å². The Morgan fingerprint density at radius 3 is 3.00 bits per heavy atom. The molecule has 0 radical (unpaired) electrons. The molecule has 2 heterocycles. The second kappa shape index (κ2) is 4.63. The molecule has 4 nitrogen and oxygen atoms in total. The third-order valence-corrected chi connectivity index (χ3v) is 3.72. The highest BCUT2D eigenvalue weighted by Gasteiger charge is 2.27. The third kappa shape index (κ3) is 2.28. The van der Waals surface area contributed by atoms with Crippen LogP contribution in [0.3, 0.4) is 0 Å². The van der Waals surface area contributed by atoms with Crippen molar-refractivity contribution in [3.63, 3.8) is 0 Å². The first-order valence-electron chi connectivity index (χ1n) is 6.32. The lowest BCUT2D eigenvalue weighted by molar-refractivity contribution is 0.0296. The van der Waals surface area contributed by atoms with E-state index in [-0.39, 0.29) is 0 Å². The fourth-order valence-corrected chi connectivity index (χ4v) is 2.85. The first-order valence-corrected chi connectivity index (χ1v) is 6.32. The number of H-pyrrole nitrogens is 1. The SMILES string of the molecule is O=C1CC(CN2CCOCC2)Cc2[nH]ccc21. The zero-order valence-electron chi connectivity index (χ0n) is 9.95. The molecule has 3 rings (SSSR count). The van der Waals surface area contributed by atoms with E-state index in [0.29, 0.717) is 18.1 Å². The van der Waals surface area contributed by atoms with Crippen molar-refractivity contribution in [1.82, 2.24) is 9.88 Å². The average molecular weight is 234 g/mol. The van der Waals surface area contributed by atoms with Crippen molar-refractivity contribution < 1.29 is 9.53 Å². The predicted molar refractivity (Wildman–Crippen MR) is 64.2 cm³/mol. The number of carbonyl (C=O) groups excluding carboxylic acids is 1. The molecule has 0 bridgehead atoms. The van der Waals surface area contributed by atoms with Gasteiger partial charge in [-0.1, -0.05) is 0 Å². The lowest BCUT2D eigenvalue weighted by Gasteiger charge is -2.31. The number of Topliss-reactive ketones (excluding diaryl/α,β-unsaturated/α-hetero) is 1. The van der Waals surface area contributed by atoms with Crippen LogP contribution in [-0.2, 0) is 11.2 Å². The maximum Gasteiger partial charge on any atom is 0.165 e. The summed E-state index contributed by atoms with van der Waals surface area (Å²) in [4.78, 5) is 17.5. The summed E-state index contributed by atoms with van der Waals surface area (Å²) < 4.78 is 5.34. The molecule has 1 fully saturated rings. The summed E-state index contributed by atoms with van der Waals surface area (Å²) in [6.45, 7) is 4.68. The summed E-state index contributed by atoms with van der Waals surface area (Å²) in [6, 6.07) is 1.91. The zero-order valence-corrected chi connectivity index (χ0v) is 9.95. The van der Waals surface area contributed by atoms with Crippen molar-refractivity contribution in [2.75, 3.05) is 32.8 Å². The molecular formula is C13H18N2O2. The van der Waals surface area contributed by atoms with Crippen molar-refractivity contribution in [2.24, 2.45) is 5.92 Å². The summed E-state index contributed by atoms with van der Waals surface area (Å²) in [5.74, 6) is 0.762. The molecule has 1 aliphatic carbocycles. The first kappa shape index (κ1) is 11.0. The highest BCUT2D eigenvalue weighted by Crippen LogP contribution is 2.25. The molecule has 0 spiro atoms. The topological polar surface area (TPSA) is 45.3 Å². The van der Waals surface area contributed by atoms with Gasteiger partial charge in [-0.2, -0.15) is 0 Å². The molecule has 1 N–H and O–H groups in total. The van der Waals surface area contributed by atoms with Crippen LogP contribution in [0.1, 0.15) is 22.5 Å². The second-order valence-electron chi connectivity index (χ2n) is 4.98. The van der Waals surface area contributed by atoms with Gasteiger partial charge in [-0.15, -0.1) is 0 Å². The zero-order chi connectivity index (χ0) is 11.7. The van der Waals surface area contributed by atoms with E-state index in [1.807, 2.05) is 12.3 Å². The molecule has 2 aliphatic rings. The number of nitrogens with zero attached hydrogens (tertiary/aromatic N) is 1. The van der Waals surface area contributed by atoms with Crippen LogP contribution in [0.15, 0.2) is 12.3 Å². The van der Waals surface area contributed by atoms with Gasteiger partial charge in [0.25, 0.3) is 0 Å². The van der Waals surface area contributed by atoms with Crippen LogP contribution in [0.4, 0.5) is 0 Å². The Morgan fingerprint density at radius 2 is 2.18 bits per heavy atom. The summed E-state index contributed by atoms with van der Waals surface area (Å²) in [6.07, 6.45) is 3.58. The number of ether oxygens (including phenoxy) is 1. The summed E-state index contributed by atoms with van der Waals surface area (Å²) in [5.41, 5.74) is 2.03. The van der Waals surface area contributed by atoms with Crippen LogP contribution in [-0.4, -0.2) is 48.5 Å². The van der Waals surface area contributed by atoms with Crippen LogP contribution in [0, 0.1) is 5.92 Å². The van der Waals surface area contributed by atoms with Crippen LogP contribution >= 0.6 is 0 Å². The number of rotatable bonds is 2. The summed E-state index contributed by atoms with van der Waals surface area (Å²) in [5, 5.41) is 0. The standard InChI is InChI=1S/C13H18N2O2/c16-13-8-10(7-12-11(13)1-2-14-12)9-15-3-5-17-6-4-15/h1-2,10,14H,3-9H2. The predicted octanol–water partition coefficient (Wildman–Crippen LogP) is 1.09. The molecular weight excluding hydrogens is 216 g/mol. The van der Waals surface area contributed by atoms with Crippen LogP contribution in [0.5, 0.6) is 0 Å². The van der Waals surface area contributed by atoms with Gasteiger partial charge in [0.15, 0.2) is 5.78 Å². The molecule has 1 atom stereocenters. The Balaban J connectivity index is 1.64. The van der Waals surface area contributed by atoms with Gasteiger partial charge in [0.05, 0.1) is 13.2 Å². The minimum Gasteiger partial charge on any atom is -0.379 e. The van der Waals surface area contributed by atoms with E-state index in [1.54, 1.807) is 0 Å². The molecule has 17 heavy (non-hydrogen) atoms. The highest BCUT2D eigenvalue weighted by molar-refractivity contribution is 5.98. The van der Waals surface area contributed by atoms with E-state index >= 15 is 0 Å². The Hall–Kier alpha value is -1.13. The quantitative estimate of drug-likeness (QED) is 0.833. The lowest BCUT2D eigenvalue weighted by atomic mass is 9.86. The third-order valence-electron chi connectivity index (χ3n) is 3.72. The van der Waals surface area contributed by atoms with E-state index in [2.05, 4.69) is 9.88 Å². The lowest BCUT2D eigenvalue weighted by Crippen LogP contribution is -2.41. The van der Waals surface area contributed by atoms with Gasteiger partial charge < -0.3 is 9.72 Å². The summed E-state index contributed by atoms with van der Waals surface area (Å²) >= 11 is 0. The molecule has 1 saturated heterocycles. The van der Waals surface area contributed by atoms with Gasteiger partial charge in [0.2, 0.25) is 0 Å². The molecule has 0 aromatic carbocycles. The summed E-state index contributed by atoms with van der Waals surface area (Å²) in [7, 11) is 0. The van der Waals surface area contributed by atoms with Gasteiger partial charge in [-0.3, -0.25) is 9.69 Å². The van der Waals surface area contributed by atoms with E-state index in [0.717, 1.165) is 50.5 Å². The molecule has 4 heteroatoms. The number of aromatic nitrogens is 1. The van der Waals surface area contributed by atoms with Crippen molar-refractivity contribution in [1.29, 1.82) is 0 Å². The number of carbonyl (C=O) groups is 1. The van der Waals surface area contributed by atoms with E-state index in [9.17, 15) is 4.79 Å². The maximum atomic E-state index is 11.9. The minimum atomic E-state index is 0.297. The monoisotopic (exact) mass is 234 g/mol. The van der Waals surface area contributed by atoms with Crippen molar-refractivity contribution in [3.05, 3.63) is 23.5 Å². The molecule has 1 aliphatic heterocycles. The van der Waals surface area contributed by atoms with Gasteiger partial charge in [0, 0.05) is 43.5 Å². The normalized spacial score (nSPS) is 25.9.